The lowest BCUT2D eigenvalue weighted by molar-refractivity contribution is -0.146. The van der Waals surface area contributed by atoms with Gasteiger partial charge in [0.25, 0.3) is 0 Å². The van der Waals surface area contributed by atoms with Gasteiger partial charge in [0, 0.05) is 19.6 Å². The Morgan fingerprint density at radius 2 is 2.05 bits per heavy atom. The Balaban J connectivity index is 2.66. The van der Waals surface area contributed by atoms with Crippen LogP contribution in [0.2, 0.25) is 0 Å². The van der Waals surface area contributed by atoms with Gasteiger partial charge in [0.1, 0.15) is 0 Å². The van der Waals surface area contributed by atoms with Crippen molar-refractivity contribution in [1.82, 2.24) is 4.90 Å². The van der Waals surface area contributed by atoms with Gasteiger partial charge in [-0.2, -0.15) is 0 Å². The number of nitrogens with zero attached hydrogens (tertiary/aromatic N) is 1. The van der Waals surface area contributed by atoms with Gasteiger partial charge >= 0.3 is 5.97 Å². The van der Waals surface area contributed by atoms with Gasteiger partial charge in [0.2, 0.25) is 0 Å². The molecule has 122 valence electrons. The molecule has 1 rings (SSSR count). The first-order valence-corrected chi connectivity index (χ1v) is 8.16. The molecule has 1 aromatic rings. The molecule has 0 saturated heterocycles. The van der Waals surface area contributed by atoms with Gasteiger partial charge in [-0.1, -0.05) is 62.6 Å². The van der Waals surface area contributed by atoms with E-state index in [2.05, 4.69) is 30.5 Å². The van der Waals surface area contributed by atoms with E-state index in [4.69, 9.17) is 4.74 Å². The summed E-state index contributed by atoms with van der Waals surface area (Å²) in [6.45, 7) is 8.33. The molecule has 0 amide bonds. The lowest BCUT2D eigenvalue weighted by Crippen LogP contribution is -2.33. The number of carbonyl (C=O) groups excluding carboxylic acids is 1. The molecule has 22 heavy (non-hydrogen) atoms. The molecule has 0 aliphatic rings. The van der Waals surface area contributed by atoms with Gasteiger partial charge < -0.3 is 4.74 Å². The monoisotopic (exact) mass is 303 g/mol. The van der Waals surface area contributed by atoms with E-state index < -0.39 is 0 Å². The summed E-state index contributed by atoms with van der Waals surface area (Å²) in [5.41, 5.74) is 1.25. The highest BCUT2D eigenvalue weighted by Gasteiger charge is 2.21. The van der Waals surface area contributed by atoms with E-state index in [9.17, 15) is 4.79 Å². The van der Waals surface area contributed by atoms with Crippen LogP contribution in [-0.4, -0.2) is 31.1 Å². The number of unbranched alkanes of at least 4 members (excludes halogenated alkanes) is 2. The lowest BCUT2D eigenvalue weighted by atomic mass is 10.00. The predicted molar refractivity (Wildman–Crippen MR) is 91.6 cm³/mol. The molecule has 1 unspecified atom stereocenters. The summed E-state index contributed by atoms with van der Waals surface area (Å²) in [5.74, 6) is -0.154. The Kier molecular flexibility index (Phi) is 9.24. The highest BCUT2D eigenvalue weighted by Crippen LogP contribution is 2.15. The third kappa shape index (κ3) is 6.90. The van der Waals surface area contributed by atoms with Crippen molar-refractivity contribution in [2.45, 2.75) is 39.2 Å². The summed E-state index contributed by atoms with van der Waals surface area (Å²) < 4.78 is 4.98. The normalized spacial score (nSPS) is 12.1. The fourth-order valence-electron chi connectivity index (χ4n) is 2.63. The fraction of sp³-hybridized carbons (Fsp3) is 0.526. The third-order valence-corrected chi connectivity index (χ3v) is 3.81. The van der Waals surface area contributed by atoms with E-state index in [1.54, 1.807) is 0 Å². The topological polar surface area (TPSA) is 29.5 Å². The molecule has 0 radical (unpaired) electrons. The van der Waals surface area contributed by atoms with Gasteiger partial charge in [0.05, 0.1) is 13.0 Å². The van der Waals surface area contributed by atoms with E-state index >= 15 is 0 Å². The maximum Gasteiger partial charge on any atom is 0.309 e. The zero-order chi connectivity index (χ0) is 16.2. The maximum absolute atomic E-state index is 12.0. The van der Waals surface area contributed by atoms with Gasteiger partial charge in [-0.15, -0.1) is 6.58 Å². The van der Waals surface area contributed by atoms with E-state index in [-0.39, 0.29) is 11.9 Å². The summed E-state index contributed by atoms with van der Waals surface area (Å²) in [5, 5.41) is 0. The number of methoxy groups -OCH3 is 1. The Morgan fingerprint density at radius 1 is 1.32 bits per heavy atom. The Hall–Kier alpha value is -1.61. The Morgan fingerprint density at radius 3 is 2.64 bits per heavy atom. The van der Waals surface area contributed by atoms with Crippen molar-refractivity contribution >= 4 is 5.97 Å². The van der Waals surface area contributed by atoms with Crippen LogP contribution in [0.15, 0.2) is 43.0 Å². The Bertz CT molecular complexity index is 430. The van der Waals surface area contributed by atoms with E-state index in [0.717, 1.165) is 45.3 Å². The molecule has 0 heterocycles. The van der Waals surface area contributed by atoms with Crippen LogP contribution >= 0.6 is 0 Å². The highest BCUT2D eigenvalue weighted by atomic mass is 16.5. The van der Waals surface area contributed by atoms with Gasteiger partial charge in [-0.3, -0.25) is 9.69 Å². The molecular weight excluding hydrogens is 274 g/mol. The van der Waals surface area contributed by atoms with Crippen molar-refractivity contribution in [3.63, 3.8) is 0 Å². The molecule has 0 saturated carbocycles. The minimum absolute atomic E-state index is 0.0554. The van der Waals surface area contributed by atoms with E-state index in [1.807, 2.05) is 24.3 Å². The molecular formula is C19H29NO2. The molecule has 0 fully saturated rings. The number of benzene rings is 1. The van der Waals surface area contributed by atoms with Gasteiger partial charge in [0.15, 0.2) is 0 Å². The number of rotatable bonds is 11. The quantitative estimate of drug-likeness (QED) is 0.351. The maximum atomic E-state index is 12.0. The number of carbonyl (C=O) groups is 1. The summed E-state index contributed by atoms with van der Waals surface area (Å²) in [4.78, 5) is 14.3. The van der Waals surface area contributed by atoms with Crippen LogP contribution in [0.25, 0.3) is 0 Å². The molecule has 3 nitrogen and oxygen atoms in total. The molecule has 0 aliphatic carbocycles. The smallest absolute Gasteiger partial charge is 0.309 e. The molecule has 1 atom stereocenters. The number of hydrogen-bond acceptors (Lipinski definition) is 3. The highest BCUT2D eigenvalue weighted by molar-refractivity contribution is 5.72. The van der Waals surface area contributed by atoms with Crippen molar-refractivity contribution in [3.05, 3.63) is 48.6 Å². The number of ether oxygens (including phenoxy) is 1. The first-order valence-electron chi connectivity index (χ1n) is 8.16. The average molecular weight is 303 g/mol. The zero-order valence-electron chi connectivity index (χ0n) is 14.0. The zero-order valence-corrected chi connectivity index (χ0v) is 14.0. The largest absolute Gasteiger partial charge is 0.469 e. The first kappa shape index (κ1) is 18.4. The first-order chi connectivity index (χ1) is 10.7. The summed E-state index contributed by atoms with van der Waals surface area (Å²) >= 11 is 0. The second-order valence-corrected chi connectivity index (χ2v) is 5.68. The second-order valence-electron chi connectivity index (χ2n) is 5.68. The van der Waals surface area contributed by atoms with Gasteiger partial charge in [-0.05, 0) is 12.0 Å². The molecule has 0 aliphatic heterocycles. The number of hydrogen-bond donors (Lipinski definition) is 0. The molecule has 1 aromatic carbocycles. The molecule has 0 spiro atoms. The summed E-state index contributed by atoms with van der Waals surface area (Å²) in [6, 6.07) is 10.3. The van der Waals surface area contributed by atoms with Crippen LogP contribution in [0.5, 0.6) is 0 Å². The molecule has 3 heteroatoms. The lowest BCUT2D eigenvalue weighted by Gasteiger charge is -2.25. The second kappa shape index (κ2) is 11.0. The van der Waals surface area contributed by atoms with Crippen LogP contribution in [0, 0.1) is 5.92 Å². The average Bonchev–Trinajstić information content (AvgIpc) is 2.54. The minimum atomic E-state index is -0.0989. The number of esters is 1. The van der Waals surface area contributed by atoms with Gasteiger partial charge in [-0.25, -0.2) is 0 Å². The molecule has 0 bridgehead atoms. The van der Waals surface area contributed by atoms with Crippen molar-refractivity contribution < 1.29 is 9.53 Å². The minimum Gasteiger partial charge on any atom is -0.469 e. The standard InChI is InChI=1S/C19H29NO2/c1-4-6-8-13-18(19(21)22-3)16-20(14-5-2)15-17-11-9-7-10-12-17/h5,7,9-12,18H,2,4,6,8,13-16H2,1,3H3. The van der Waals surface area contributed by atoms with Crippen LogP contribution in [-0.2, 0) is 16.1 Å². The third-order valence-electron chi connectivity index (χ3n) is 3.81. The van der Waals surface area contributed by atoms with Crippen molar-refractivity contribution in [1.29, 1.82) is 0 Å². The molecule has 0 N–H and O–H groups in total. The SMILES string of the molecule is C=CCN(Cc1ccccc1)CC(CCCCC)C(=O)OC. The van der Waals surface area contributed by atoms with E-state index in [1.165, 1.54) is 12.7 Å². The van der Waals surface area contributed by atoms with Crippen molar-refractivity contribution in [3.8, 4) is 0 Å². The summed E-state index contributed by atoms with van der Waals surface area (Å²) in [6.07, 6.45) is 6.18. The van der Waals surface area contributed by atoms with Crippen LogP contribution in [0.4, 0.5) is 0 Å². The van der Waals surface area contributed by atoms with Crippen molar-refractivity contribution in [2.24, 2.45) is 5.92 Å². The summed E-state index contributed by atoms with van der Waals surface area (Å²) in [7, 11) is 1.48. The molecule has 0 aromatic heterocycles. The van der Waals surface area contributed by atoms with Crippen LogP contribution in [0.1, 0.15) is 38.2 Å². The van der Waals surface area contributed by atoms with Crippen molar-refractivity contribution in [2.75, 3.05) is 20.2 Å². The fourth-order valence-corrected chi connectivity index (χ4v) is 2.63. The predicted octanol–water partition coefficient (Wildman–Crippen LogP) is 4.04. The Labute approximate surface area is 135 Å². The van der Waals surface area contributed by atoms with Crippen LogP contribution in [0.3, 0.4) is 0 Å². The van der Waals surface area contributed by atoms with E-state index in [0.29, 0.717) is 0 Å². The van der Waals surface area contributed by atoms with Crippen LogP contribution < -0.4 is 0 Å².